The van der Waals surface area contributed by atoms with E-state index in [2.05, 4.69) is 9.97 Å². The molecule has 3 aromatic rings. The summed E-state index contributed by atoms with van der Waals surface area (Å²) in [5, 5.41) is 0. The van der Waals surface area contributed by atoms with E-state index in [1.54, 1.807) is 24.7 Å². The standard InChI is InChI=1S/C21H21F2N5O/c22-15-1-2-16(17(23)9-15)19-4-3-18(24)20(26-19)10-21(29)28-7-5-14(12-28)11-27-8-6-25-13-27/h1-4,6,8-9,13-14H,5,7,10-12,24H2. The molecule has 1 unspecified atom stereocenters. The molecule has 1 aromatic carbocycles. The van der Waals surface area contributed by atoms with Gasteiger partial charge in [-0.15, -0.1) is 0 Å². The fourth-order valence-corrected chi connectivity index (χ4v) is 3.66. The minimum absolute atomic E-state index is 0.0419. The van der Waals surface area contributed by atoms with Crippen molar-refractivity contribution in [3.8, 4) is 11.3 Å². The molecule has 8 heteroatoms. The molecule has 1 amide bonds. The smallest absolute Gasteiger partial charge is 0.228 e. The van der Waals surface area contributed by atoms with Crippen LogP contribution in [0.4, 0.5) is 14.5 Å². The summed E-state index contributed by atoms with van der Waals surface area (Å²) in [6.45, 7) is 2.18. The van der Waals surface area contributed by atoms with Crippen molar-refractivity contribution in [3.05, 3.63) is 66.4 Å². The number of imidazole rings is 1. The van der Waals surface area contributed by atoms with Crippen LogP contribution in [-0.2, 0) is 17.8 Å². The van der Waals surface area contributed by atoms with Crippen molar-refractivity contribution in [1.29, 1.82) is 0 Å². The van der Waals surface area contributed by atoms with Crippen molar-refractivity contribution in [2.75, 3.05) is 18.8 Å². The molecule has 0 aliphatic carbocycles. The summed E-state index contributed by atoms with van der Waals surface area (Å²) in [5.74, 6) is -1.05. The largest absolute Gasteiger partial charge is 0.397 e. The van der Waals surface area contributed by atoms with Crippen LogP contribution in [0.5, 0.6) is 0 Å². The first-order chi connectivity index (χ1) is 14.0. The lowest BCUT2D eigenvalue weighted by Crippen LogP contribution is -2.31. The summed E-state index contributed by atoms with van der Waals surface area (Å²) < 4.78 is 29.3. The maximum Gasteiger partial charge on any atom is 0.228 e. The highest BCUT2D eigenvalue weighted by molar-refractivity contribution is 5.80. The molecule has 150 valence electrons. The number of nitrogens with zero attached hydrogens (tertiary/aromatic N) is 4. The normalized spacial score (nSPS) is 16.3. The second kappa shape index (κ2) is 7.98. The molecule has 1 fully saturated rings. The Morgan fingerprint density at radius 3 is 2.86 bits per heavy atom. The van der Waals surface area contributed by atoms with E-state index in [1.165, 1.54) is 12.1 Å². The first-order valence-corrected chi connectivity index (χ1v) is 9.44. The van der Waals surface area contributed by atoms with Gasteiger partial charge in [0.1, 0.15) is 11.6 Å². The average Bonchev–Trinajstić information content (AvgIpc) is 3.36. The van der Waals surface area contributed by atoms with E-state index in [0.29, 0.717) is 36.1 Å². The Balaban J connectivity index is 1.45. The van der Waals surface area contributed by atoms with Crippen LogP contribution in [0.1, 0.15) is 12.1 Å². The molecule has 0 saturated carbocycles. The zero-order valence-electron chi connectivity index (χ0n) is 15.8. The third-order valence-corrected chi connectivity index (χ3v) is 5.20. The van der Waals surface area contributed by atoms with E-state index in [4.69, 9.17) is 5.73 Å². The van der Waals surface area contributed by atoms with Crippen LogP contribution in [0, 0.1) is 17.6 Å². The van der Waals surface area contributed by atoms with Gasteiger partial charge in [0.2, 0.25) is 5.91 Å². The van der Waals surface area contributed by atoms with Gasteiger partial charge in [0, 0.05) is 43.7 Å². The van der Waals surface area contributed by atoms with Crippen LogP contribution in [0.25, 0.3) is 11.3 Å². The zero-order valence-corrected chi connectivity index (χ0v) is 15.8. The van der Waals surface area contributed by atoms with E-state index in [-0.39, 0.29) is 17.9 Å². The maximum absolute atomic E-state index is 14.1. The third kappa shape index (κ3) is 4.26. The van der Waals surface area contributed by atoms with Gasteiger partial charge in [-0.3, -0.25) is 9.78 Å². The summed E-state index contributed by atoms with van der Waals surface area (Å²) in [7, 11) is 0. The van der Waals surface area contributed by atoms with E-state index in [0.717, 1.165) is 19.0 Å². The fraction of sp³-hybridized carbons (Fsp3) is 0.286. The van der Waals surface area contributed by atoms with Gasteiger partial charge in [0.15, 0.2) is 0 Å². The Morgan fingerprint density at radius 2 is 2.10 bits per heavy atom. The van der Waals surface area contributed by atoms with Crippen LogP contribution in [0.3, 0.4) is 0 Å². The molecule has 6 nitrogen and oxygen atoms in total. The van der Waals surface area contributed by atoms with Gasteiger partial charge in [-0.2, -0.15) is 0 Å². The molecule has 2 N–H and O–H groups in total. The Morgan fingerprint density at radius 1 is 1.24 bits per heavy atom. The van der Waals surface area contributed by atoms with Crippen molar-refractivity contribution in [3.63, 3.8) is 0 Å². The van der Waals surface area contributed by atoms with Gasteiger partial charge in [-0.05, 0) is 36.6 Å². The Labute approximate surface area is 167 Å². The molecule has 1 aliphatic heterocycles. The second-order valence-corrected chi connectivity index (χ2v) is 7.29. The number of aromatic nitrogens is 3. The number of halogens is 2. The number of benzene rings is 1. The number of pyridine rings is 1. The number of amides is 1. The minimum Gasteiger partial charge on any atom is -0.397 e. The van der Waals surface area contributed by atoms with E-state index in [9.17, 15) is 13.6 Å². The number of rotatable bonds is 5. The van der Waals surface area contributed by atoms with Crippen molar-refractivity contribution in [2.45, 2.75) is 19.4 Å². The number of anilines is 1. The number of nitrogen functional groups attached to an aromatic ring is 1. The lowest BCUT2D eigenvalue weighted by Gasteiger charge is -2.17. The van der Waals surface area contributed by atoms with E-state index in [1.807, 2.05) is 15.7 Å². The van der Waals surface area contributed by atoms with Crippen molar-refractivity contribution in [2.24, 2.45) is 5.92 Å². The Bertz CT molecular complexity index is 1020. The summed E-state index contributed by atoms with van der Waals surface area (Å²) in [5.41, 5.74) is 7.26. The summed E-state index contributed by atoms with van der Waals surface area (Å²) in [4.78, 5) is 23.0. The lowest BCUT2D eigenvalue weighted by atomic mass is 10.1. The number of likely N-dealkylation sites (tertiary alicyclic amines) is 1. The highest BCUT2D eigenvalue weighted by atomic mass is 19.1. The Hall–Kier alpha value is -3.29. The molecule has 2 aromatic heterocycles. The van der Waals surface area contributed by atoms with Crippen LogP contribution in [-0.4, -0.2) is 38.4 Å². The van der Waals surface area contributed by atoms with Crippen LogP contribution in [0.2, 0.25) is 0 Å². The molecule has 4 rings (SSSR count). The monoisotopic (exact) mass is 397 g/mol. The lowest BCUT2D eigenvalue weighted by molar-refractivity contribution is -0.129. The molecule has 3 heterocycles. The Kier molecular flexibility index (Phi) is 5.24. The SMILES string of the molecule is Nc1ccc(-c2ccc(F)cc2F)nc1CC(=O)N1CCC(Cn2ccnc2)C1. The molecule has 0 bridgehead atoms. The molecule has 0 radical (unpaired) electrons. The summed E-state index contributed by atoms with van der Waals surface area (Å²) >= 11 is 0. The molecule has 1 aliphatic rings. The number of hydrogen-bond donors (Lipinski definition) is 1. The van der Waals surface area contributed by atoms with Crippen LogP contribution < -0.4 is 5.73 Å². The zero-order chi connectivity index (χ0) is 20.4. The van der Waals surface area contributed by atoms with Crippen LogP contribution in [0.15, 0.2) is 49.1 Å². The first-order valence-electron chi connectivity index (χ1n) is 9.44. The van der Waals surface area contributed by atoms with E-state index >= 15 is 0 Å². The second-order valence-electron chi connectivity index (χ2n) is 7.29. The van der Waals surface area contributed by atoms with Gasteiger partial charge in [-0.1, -0.05) is 0 Å². The predicted molar refractivity (Wildman–Crippen MR) is 105 cm³/mol. The molecule has 1 atom stereocenters. The molecular formula is C21H21F2N5O. The summed E-state index contributed by atoms with van der Waals surface area (Å²) in [6.07, 6.45) is 6.39. The number of carbonyl (C=O) groups excluding carboxylic acids is 1. The van der Waals surface area contributed by atoms with Crippen LogP contribution >= 0.6 is 0 Å². The molecule has 1 saturated heterocycles. The van der Waals surface area contributed by atoms with Gasteiger partial charge >= 0.3 is 0 Å². The average molecular weight is 397 g/mol. The van der Waals surface area contributed by atoms with Gasteiger partial charge in [-0.25, -0.2) is 13.8 Å². The number of carbonyl (C=O) groups is 1. The van der Waals surface area contributed by atoms with Gasteiger partial charge in [0.25, 0.3) is 0 Å². The third-order valence-electron chi connectivity index (χ3n) is 5.20. The highest BCUT2D eigenvalue weighted by Crippen LogP contribution is 2.25. The maximum atomic E-state index is 14.1. The number of nitrogens with two attached hydrogens (primary N) is 1. The topological polar surface area (TPSA) is 77.0 Å². The van der Waals surface area contributed by atoms with Gasteiger partial charge < -0.3 is 15.2 Å². The van der Waals surface area contributed by atoms with E-state index < -0.39 is 11.6 Å². The van der Waals surface area contributed by atoms with Crippen molar-refractivity contribution in [1.82, 2.24) is 19.4 Å². The first kappa shape index (κ1) is 19.0. The van der Waals surface area contributed by atoms with Crippen molar-refractivity contribution < 1.29 is 13.6 Å². The minimum atomic E-state index is -0.707. The molecule has 0 spiro atoms. The number of hydrogen-bond acceptors (Lipinski definition) is 4. The predicted octanol–water partition coefficient (Wildman–Crippen LogP) is 2.90. The van der Waals surface area contributed by atoms with Gasteiger partial charge in [0.05, 0.1) is 29.8 Å². The van der Waals surface area contributed by atoms with Crippen molar-refractivity contribution >= 4 is 11.6 Å². The molecule has 29 heavy (non-hydrogen) atoms. The summed E-state index contributed by atoms with van der Waals surface area (Å²) in [6, 6.07) is 6.47. The highest BCUT2D eigenvalue weighted by Gasteiger charge is 2.27. The fourth-order valence-electron chi connectivity index (χ4n) is 3.66. The quantitative estimate of drug-likeness (QED) is 0.718. The molecular weight excluding hydrogens is 376 g/mol.